The summed E-state index contributed by atoms with van der Waals surface area (Å²) < 4.78 is 10.5. The number of hydrogen-bond acceptors (Lipinski definition) is 5. The number of carbonyl (C=O) groups is 2. The van der Waals surface area contributed by atoms with Gasteiger partial charge in [0.15, 0.2) is 5.78 Å². The van der Waals surface area contributed by atoms with Gasteiger partial charge < -0.3 is 14.6 Å². The lowest BCUT2D eigenvalue weighted by atomic mass is 9.98. The Kier molecular flexibility index (Phi) is 8.65. The molecule has 118 valence electrons. The molecule has 0 amide bonds. The van der Waals surface area contributed by atoms with Crippen LogP contribution < -0.4 is 0 Å². The molecule has 0 aromatic heterocycles. The lowest BCUT2D eigenvalue weighted by Crippen LogP contribution is -2.38. The average Bonchev–Trinajstić information content (AvgIpc) is 2.31. The number of ether oxygens (including phenoxy) is 2. The number of hydrogen-bond donors (Lipinski definition) is 1. The van der Waals surface area contributed by atoms with Crippen LogP contribution in [0, 0.1) is 5.92 Å². The van der Waals surface area contributed by atoms with E-state index in [0.29, 0.717) is 5.92 Å². The molecule has 0 aromatic rings. The fourth-order valence-electron chi connectivity index (χ4n) is 2.03. The first-order chi connectivity index (χ1) is 9.19. The Morgan fingerprint density at radius 1 is 1.15 bits per heavy atom. The molecule has 0 heterocycles. The van der Waals surface area contributed by atoms with E-state index in [-0.39, 0.29) is 37.9 Å². The van der Waals surface area contributed by atoms with Crippen molar-refractivity contribution >= 4 is 11.8 Å². The Morgan fingerprint density at radius 3 is 2.25 bits per heavy atom. The summed E-state index contributed by atoms with van der Waals surface area (Å²) in [5.74, 6) is -0.0863. The maximum absolute atomic E-state index is 12.1. The quantitative estimate of drug-likeness (QED) is 0.623. The van der Waals surface area contributed by atoms with Crippen LogP contribution in [-0.2, 0) is 19.1 Å². The number of rotatable bonds is 10. The van der Waals surface area contributed by atoms with Crippen LogP contribution in [0.15, 0.2) is 0 Å². The standard InChI is InChI=1S/C15H28O5/c1-11(2)10-12(3)20-15(4,5)13(17)6-7-14(18)19-9-8-16/h11-12,16H,6-10H2,1-5H3. The Hall–Kier alpha value is -0.940. The number of ketones is 1. The minimum absolute atomic E-state index is 0.00436. The van der Waals surface area contributed by atoms with Crippen molar-refractivity contribution in [3.63, 3.8) is 0 Å². The van der Waals surface area contributed by atoms with Crippen molar-refractivity contribution in [3.05, 3.63) is 0 Å². The van der Waals surface area contributed by atoms with Gasteiger partial charge in [0.05, 0.1) is 19.1 Å². The zero-order valence-corrected chi connectivity index (χ0v) is 13.3. The van der Waals surface area contributed by atoms with E-state index in [0.717, 1.165) is 6.42 Å². The van der Waals surface area contributed by atoms with Crippen molar-refractivity contribution in [3.8, 4) is 0 Å². The molecule has 0 aromatic carbocycles. The Morgan fingerprint density at radius 2 is 1.75 bits per heavy atom. The number of aliphatic hydroxyl groups excluding tert-OH is 1. The highest BCUT2D eigenvalue weighted by atomic mass is 16.5. The first-order valence-electron chi connectivity index (χ1n) is 7.16. The third-order valence-corrected chi connectivity index (χ3v) is 2.88. The fourth-order valence-corrected chi connectivity index (χ4v) is 2.03. The van der Waals surface area contributed by atoms with Gasteiger partial charge in [-0.25, -0.2) is 0 Å². The second kappa shape index (κ2) is 9.08. The monoisotopic (exact) mass is 288 g/mol. The van der Waals surface area contributed by atoms with Crippen LogP contribution in [0.5, 0.6) is 0 Å². The largest absolute Gasteiger partial charge is 0.463 e. The fraction of sp³-hybridized carbons (Fsp3) is 0.867. The molecule has 0 spiro atoms. The van der Waals surface area contributed by atoms with Crippen LogP contribution in [0.25, 0.3) is 0 Å². The van der Waals surface area contributed by atoms with Crippen LogP contribution in [0.2, 0.25) is 0 Å². The second-order valence-electron chi connectivity index (χ2n) is 5.94. The molecule has 20 heavy (non-hydrogen) atoms. The van der Waals surface area contributed by atoms with E-state index in [2.05, 4.69) is 13.8 Å². The normalized spacial score (nSPS) is 13.3. The molecule has 1 unspecified atom stereocenters. The molecule has 0 aliphatic heterocycles. The predicted molar refractivity (Wildman–Crippen MR) is 76.4 cm³/mol. The van der Waals surface area contributed by atoms with Gasteiger partial charge in [-0.15, -0.1) is 0 Å². The summed E-state index contributed by atoms with van der Waals surface area (Å²) in [6.07, 6.45) is 0.987. The summed E-state index contributed by atoms with van der Waals surface area (Å²) in [5.41, 5.74) is -0.897. The smallest absolute Gasteiger partial charge is 0.306 e. The number of carbonyl (C=O) groups excluding carboxylic acids is 2. The zero-order valence-electron chi connectivity index (χ0n) is 13.3. The van der Waals surface area contributed by atoms with Crippen molar-refractivity contribution in [1.29, 1.82) is 0 Å². The minimum Gasteiger partial charge on any atom is -0.463 e. The third-order valence-electron chi connectivity index (χ3n) is 2.88. The summed E-state index contributed by atoms with van der Waals surface area (Å²) in [7, 11) is 0. The molecule has 0 saturated heterocycles. The second-order valence-corrected chi connectivity index (χ2v) is 5.94. The van der Waals surface area contributed by atoms with Gasteiger partial charge in [0.25, 0.3) is 0 Å². The molecule has 0 saturated carbocycles. The van der Waals surface area contributed by atoms with Crippen molar-refractivity contribution < 1.29 is 24.2 Å². The average molecular weight is 288 g/mol. The lowest BCUT2D eigenvalue weighted by molar-refractivity contribution is -0.152. The highest BCUT2D eigenvalue weighted by molar-refractivity contribution is 5.89. The van der Waals surface area contributed by atoms with Gasteiger partial charge in [0.2, 0.25) is 0 Å². The topological polar surface area (TPSA) is 72.8 Å². The van der Waals surface area contributed by atoms with Crippen molar-refractivity contribution in [2.24, 2.45) is 5.92 Å². The summed E-state index contributed by atoms with van der Waals surface area (Å²) >= 11 is 0. The van der Waals surface area contributed by atoms with Crippen molar-refractivity contribution in [1.82, 2.24) is 0 Å². The first kappa shape index (κ1) is 19.1. The summed E-state index contributed by atoms with van der Waals surface area (Å²) in [6.45, 7) is 9.37. The van der Waals surface area contributed by atoms with Crippen LogP contribution in [0.3, 0.4) is 0 Å². The lowest BCUT2D eigenvalue weighted by Gasteiger charge is -2.28. The van der Waals surface area contributed by atoms with Crippen molar-refractivity contribution in [2.45, 2.75) is 65.6 Å². The van der Waals surface area contributed by atoms with Gasteiger partial charge >= 0.3 is 5.97 Å². The van der Waals surface area contributed by atoms with Gasteiger partial charge in [-0.05, 0) is 33.1 Å². The van der Waals surface area contributed by atoms with Crippen LogP contribution in [0.1, 0.15) is 53.9 Å². The highest BCUT2D eigenvalue weighted by Gasteiger charge is 2.30. The molecule has 1 N–H and O–H groups in total. The summed E-state index contributed by atoms with van der Waals surface area (Å²) in [6, 6.07) is 0. The van der Waals surface area contributed by atoms with Crippen molar-refractivity contribution in [2.75, 3.05) is 13.2 Å². The molecule has 1 atom stereocenters. The van der Waals surface area contributed by atoms with Crippen LogP contribution in [0.4, 0.5) is 0 Å². The maximum atomic E-state index is 12.1. The van der Waals surface area contributed by atoms with Gasteiger partial charge in [-0.3, -0.25) is 9.59 Å². The molecular formula is C15H28O5. The number of Topliss-reactive ketones (excluding diaryl/α,β-unsaturated/α-hetero) is 1. The van der Waals surface area contributed by atoms with E-state index in [1.807, 2.05) is 6.92 Å². The Labute approximate surface area is 121 Å². The van der Waals surface area contributed by atoms with Gasteiger partial charge in [-0.1, -0.05) is 13.8 Å². The number of aliphatic hydroxyl groups is 1. The molecule has 0 aliphatic carbocycles. The van der Waals surface area contributed by atoms with Crippen LogP contribution in [-0.4, -0.2) is 41.8 Å². The van der Waals surface area contributed by atoms with E-state index in [9.17, 15) is 9.59 Å². The molecular weight excluding hydrogens is 260 g/mol. The molecule has 0 radical (unpaired) electrons. The minimum atomic E-state index is -0.897. The molecule has 0 bridgehead atoms. The molecule has 0 fully saturated rings. The first-order valence-corrected chi connectivity index (χ1v) is 7.16. The SMILES string of the molecule is CC(C)CC(C)OC(C)(C)C(=O)CCC(=O)OCCO. The molecule has 5 heteroatoms. The zero-order chi connectivity index (χ0) is 15.8. The summed E-state index contributed by atoms with van der Waals surface area (Å²) in [5, 5.41) is 8.53. The molecule has 0 rings (SSSR count). The molecule has 5 nitrogen and oxygen atoms in total. The van der Waals surface area contributed by atoms with E-state index in [1.165, 1.54) is 0 Å². The van der Waals surface area contributed by atoms with E-state index >= 15 is 0 Å². The Balaban J connectivity index is 4.19. The number of esters is 1. The highest BCUT2D eigenvalue weighted by Crippen LogP contribution is 2.20. The van der Waals surface area contributed by atoms with Crippen LogP contribution >= 0.6 is 0 Å². The van der Waals surface area contributed by atoms with E-state index in [4.69, 9.17) is 14.6 Å². The van der Waals surface area contributed by atoms with Gasteiger partial charge in [-0.2, -0.15) is 0 Å². The van der Waals surface area contributed by atoms with E-state index in [1.54, 1.807) is 13.8 Å². The summed E-state index contributed by atoms with van der Waals surface area (Å²) in [4.78, 5) is 23.4. The predicted octanol–water partition coefficient (Wildman–Crippen LogP) is 2.10. The molecule has 0 aliphatic rings. The van der Waals surface area contributed by atoms with Gasteiger partial charge in [0.1, 0.15) is 12.2 Å². The Bertz CT molecular complexity index is 309. The third kappa shape index (κ3) is 8.27. The van der Waals surface area contributed by atoms with E-state index < -0.39 is 11.6 Å². The maximum Gasteiger partial charge on any atom is 0.306 e. The van der Waals surface area contributed by atoms with Gasteiger partial charge in [0, 0.05) is 6.42 Å².